The second kappa shape index (κ2) is 3.79. The van der Waals surface area contributed by atoms with Gasteiger partial charge < -0.3 is 0 Å². The van der Waals surface area contributed by atoms with Crippen LogP contribution in [0.1, 0.15) is 47.0 Å². The van der Waals surface area contributed by atoms with Crippen LogP contribution in [0.5, 0.6) is 0 Å². The van der Waals surface area contributed by atoms with E-state index in [1.165, 1.54) is 0 Å². The number of carbonyl (C=O) groups excluding carboxylic acids is 1. The van der Waals surface area contributed by atoms with E-state index in [2.05, 4.69) is 32.6 Å². The van der Waals surface area contributed by atoms with Crippen molar-refractivity contribution in [1.29, 1.82) is 0 Å². The molecule has 0 spiro atoms. The normalized spacial score (nSPS) is 26.0. The molecular weight excluding hydrogens is 162 g/mol. The molecule has 0 saturated carbocycles. The molecular formula is C11H21NO. The van der Waals surface area contributed by atoms with Gasteiger partial charge in [0.2, 0.25) is 0 Å². The molecule has 76 valence electrons. The van der Waals surface area contributed by atoms with Gasteiger partial charge in [-0.1, -0.05) is 6.92 Å². The zero-order chi connectivity index (χ0) is 10.1. The molecule has 0 bridgehead atoms. The Bertz CT molecular complexity index is 198. The predicted molar refractivity (Wildman–Crippen MR) is 54.8 cm³/mol. The van der Waals surface area contributed by atoms with E-state index in [1.54, 1.807) is 0 Å². The Morgan fingerprint density at radius 2 is 2.15 bits per heavy atom. The molecule has 1 rings (SSSR count). The Morgan fingerprint density at radius 3 is 2.62 bits per heavy atom. The van der Waals surface area contributed by atoms with Gasteiger partial charge in [-0.15, -0.1) is 0 Å². The maximum absolute atomic E-state index is 11.3. The third-order valence-electron chi connectivity index (χ3n) is 3.16. The summed E-state index contributed by atoms with van der Waals surface area (Å²) >= 11 is 0. The summed E-state index contributed by atoms with van der Waals surface area (Å²) in [5, 5.41) is 0. The Morgan fingerprint density at radius 1 is 1.54 bits per heavy atom. The number of rotatable bonds is 2. The van der Waals surface area contributed by atoms with E-state index in [9.17, 15) is 4.79 Å². The fourth-order valence-electron chi connectivity index (χ4n) is 2.26. The highest BCUT2D eigenvalue weighted by molar-refractivity contribution is 5.80. The summed E-state index contributed by atoms with van der Waals surface area (Å²) in [4.78, 5) is 13.8. The number of Topliss-reactive ketones (excluding diaryl/α,β-unsaturated/α-hetero) is 1. The number of piperidine rings is 1. The lowest BCUT2D eigenvalue weighted by Crippen LogP contribution is -2.53. The summed E-state index contributed by atoms with van der Waals surface area (Å²) in [6.07, 6.45) is 2.63. The van der Waals surface area contributed by atoms with Crippen LogP contribution in [0.4, 0.5) is 0 Å². The predicted octanol–water partition coefficient (Wildman–Crippen LogP) is 2.23. The van der Waals surface area contributed by atoms with Gasteiger partial charge in [-0.3, -0.25) is 9.69 Å². The first-order valence-corrected chi connectivity index (χ1v) is 5.26. The third kappa shape index (κ3) is 2.31. The van der Waals surface area contributed by atoms with E-state index in [1.807, 2.05) is 0 Å². The molecule has 1 atom stereocenters. The van der Waals surface area contributed by atoms with Crippen LogP contribution in [0.15, 0.2) is 0 Å². The SMILES string of the molecule is CCC(C)N1CCC(=O)CC1(C)C. The van der Waals surface area contributed by atoms with Crippen LogP contribution < -0.4 is 0 Å². The number of carbonyl (C=O) groups is 1. The molecule has 0 aromatic heterocycles. The fraction of sp³-hybridized carbons (Fsp3) is 0.909. The Hall–Kier alpha value is -0.370. The lowest BCUT2D eigenvalue weighted by molar-refractivity contribution is -0.126. The third-order valence-corrected chi connectivity index (χ3v) is 3.16. The van der Waals surface area contributed by atoms with Crippen LogP contribution in [0.2, 0.25) is 0 Å². The molecule has 0 N–H and O–H groups in total. The average molecular weight is 183 g/mol. The number of hydrogen-bond donors (Lipinski definition) is 0. The summed E-state index contributed by atoms with van der Waals surface area (Å²) < 4.78 is 0. The summed E-state index contributed by atoms with van der Waals surface area (Å²) in [6, 6.07) is 0.600. The van der Waals surface area contributed by atoms with Crippen LogP contribution >= 0.6 is 0 Å². The van der Waals surface area contributed by atoms with Crippen molar-refractivity contribution in [1.82, 2.24) is 4.90 Å². The number of likely N-dealkylation sites (tertiary alicyclic amines) is 1. The largest absolute Gasteiger partial charge is 0.300 e. The summed E-state index contributed by atoms with van der Waals surface area (Å²) in [5.74, 6) is 0.421. The molecule has 1 aliphatic rings. The van der Waals surface area contributed by atoms with Crippen molar-refractivity contribution in [2.45, 2.75) is 58.5 Å². The van der Waals surface area contributed by atoms with Crippen molar-refractivity contribution < 1.29 is 4.79 Å². The quantitative estimate of drug-likeness (QED) is 0.654. The van der Waals surface area contributed by atoms with Gasteiger partial charge in [-0.2, -0.15) is 0 Å². The first-order valence-electron chi connectivity index (χ1n) is 5.26. The second-order valence-electron chi connectivity index (χ2n) is 4.73. The van der Waals surface area contributed by atoms with Crippen LogP contribution in [-0.2, 0) is 4.79 Å². The zero-order valence-corrected chi connectivity index (χ0v) is 9.26. The smallest absolute Gasteiger partial charge is 0.136 e. The molecule has 1 unspecified atom stereocenters. The Kier molecular flexibility index (Phi) is 3.12. The van der Waals surface area contributed by atoms with E-state index in [0.717, 1.165) is 25.8 Å². The van der Waals surface area contributed by atoms with E-state index < -0.39 is 0 Å². The van der Waals surface area contributed by atoms with Gasteiger partial charge >= 0.3 is 0 Å². The zero-order valence-electron chi connectivity index (χ0n) is 9.26. The van der Waals surface area contributed by atoms with Gasteiger partial charge in [-0.05, 0) is 27.2 Å². The molecule has 0 radical (unpaired) electrons. The number of ketones is 1. The minimum atomic E-state index is 0.0742. The van der Waals surface area contributed by atoms with Crippen molar-refractivity contribution in [3.8, 4) is 0 Å². The van der Waals surface area contributed by atoms with Crippen molar-refractivity contribution in [3.05, 3.63) is 0 Å². The number of hydrogen-bond acceptors (Lipinski definition) is 2. The molecule has 2 nitrogen and oxygen atoms in total. The van der Waals surface area contributed by atoms with E-state index >= 15 is 0 Å². The molecule has 13 heavy (non-hydrogen) atoms. The van der Waals surface area contributed by atoms with E-state index in [0.29, 0.717) is 11.8 Å². The van der Waals surface area contributed by atoms with Gasteiger partial charge in [-0.25, -0.2) is 0 Å². The van der Waals surface area contributed by atoms with Crippen molar-refractivity contribution >= 4 is 5.78 Å². The highest BCUT2D eigenvalue weighted by atomic mass is 16.1. The lowest BCUT2D eigenvalue weighted by Gasteiger charge is -2.45. The summed E-state index contributed by atoms with van der Waals surface area (Å²) in [6.45, 7) is 9.75. The van der Waals surface area contributed by atoms with Gasteiger partial charge in [0.15, 0.2) is 0 Å². The van der Waals surface area contributed by atoms with Gasteiger partial charge in [0.1, 0.15) is 5.78 Å². The molecule has 1 saturated heterocycles. The first kappa shape index (κ1) is 10.7. The molecule has 0 amide bonds. The van der Waals surface area contributed by atoms with E-state index in [4.69, 9.17) is 0 Å². The van der Waals surface area contributed by atoms with Crippen molar-refractivity contribution in [2.24, 2.45) is 0 Å². The first-order chi connectivity index (χ1) is 5.97. The Balaban J connectivity index is 2.69. The summed E-state index contributed by atoms with van der Waals surface area (Å²) in [7, 11) is 0. The maximum Gasteiger partial charge on any atom is 0.136 e. The standard InChI is InChI=1S/C11H21NO/c1-5-9(2)12-7-6-10(13)8-11(12,3)4/h9H,5-8H2,1-4H3. The van der Waals surface area contributed by atoms with Crippen LogP contribution in [0.25, 0.3) is 0 Å². The van der Waals surface area contributed by atoms with Crippen LogP contribution in [-0.4, -0.2) is 28.8 Å². The molecule has 1 aliphatic heterocycles. The van der Waals surface area contributed by atoms with Crippen LogP contribution in [0.3, 0.4) is 0 Å². The fourth-order valence-corrected chi connectivity index (χ4v) is 2.26. The highest BCUT2D eigenvalue weighted by Gasteiger charge is 2.35. The molecule has 0 aliphatic carbocycles. The second-order valence-corrected chi connectivity index (χ2v) is 4.73. The van der Waals surface area contributed by atoms with Crippen LogP contribution in [0, 0.1) is 0 Å². The molecule has 2 heteroatoms. The van der Waals surface area contributed by atoms with Crippen molar-refractivity contribution in [2.75, 3.05) is 6.54 Å². The molecule has 1 heterocycles. The van der Waals surface area contributed by atoms with E-state index in [-0.39, 0.29) is 5.54 Å². The van der Waals surface area contributed by atoms with Gasteiger partial charge in [0.05, 0.1) is 0 Å². The molecule has 0 aromatic rings. The topological polar surface area (TPSA) is 20.3 Å². The number of nitrogens with zero attached hydrogens (tertiary/aromatic N) is 1. The maximum atomic E-state index is 11.3. The molecule has 1 fully saturated rings. The monoisotopic (exact) mass is 183 g/mol. The minimum absolute atomic E-state index is 0.0742. The van der Waals surface area contributed by atoms with Crippen molar-refractivity contribution in [3.63, 3.8) is 0 Å². The lowest BCUT2D eigenvalue weighted by atomic mass is 9.88. The Labute approximate surface area is 81.3 Å². The van der Waals surface area contributed by atoms with Gasteiger partial charge in [0.25, 0.3) is 0 Å². The highest BCUT2D eigenvalue weighted by Crippen LogP contribution is 2.28. The average Bonchev–Trinajstić information content (AvgIpc) is 2.01. The van der Waals surface area contributed by atoms with Gasteiger partial charge in [0, 0.05) is 31.0 Å². The molecule has 0 aromatic carbocycles. The minimum Gasteiger partial charge on any atom is -0.300 e. The summed E-state index contributed by atoms with van der Waals surface area (Å²) in [5.41, 5.74) is 0.0742.